The Labute approximate surface area is 110 Å². The van der Waals surface area contributed by atoms with E-state index >= 15 is 0 Å². The van der Waals surface area contributed by atoms with E-state index < -0.39 is 0 Å². The van der Waals surface area contributed by atoms with E-state index in [1.165, 1.54) is 44.1 Å². The number of hydrogen-bond donors (Lipinski definition) is 1. The first-order chi connectivity index (χ1) is 8.31. The van der Waals surface area contributed by atoms with Crippen molar-refractivity contribution in [3.63, 3.8) is 0 Å². The van der Waals surface area contributed by atoms with Gasteiger partial charge in [0.1, 0.15) is 0 Å². The Kier molecular flexibility index (Phi) is 4.87. The van der Waals surface area contributed by atoms with Gasteiger partial charge in [0.15, 0.2) is 0 Å². The molecule has 1 aliphatic carbocycles. The molecule has 1 fully saturated rings. The third kappa shape index (κ3) is 3.46. The maximum atomic E-state index is 6.25. The van der Waals surface area contributed by atoms with Crippen molar-refractivity contribution in [2.45, 2.75) is 44.6 Å². The number of nitrogens with one attached hydrogen (secondary N) is 1. The molecule has 0 radical (unpaired) electrons. The molecule has 0 saturated heterocycles. The fourth-order valence-electron chi connectivity index (χ4n) is 2.91. The van der Waals surface area contributed by atoms with E-state index in [0.29, 0.717) is 6.04 Å². The van der Waals surface area contributed by atoms with Crippen LogP contribution in [-0.4, -0.2) is 7.05 Å². The molecule has 0 aliphatic heterocycles. The standard InChI is InChI=1S/C15H22ClN/c1-17-15(11-10-12-6-2-3-7-12)13-8-4-5-9-14(13)16/h4-5,8-9,12,15,17H,2-3,6-7,10-11H2,1H3. The minimum absolute atomic E-state index is 0.407. The van der Waals surface area contributed by atoms with Gasteiger partial charge in [-0.1, -0.05) is 55.5 Å². The Morgan fingerprint density at radius 3 is 2.65 bits per heavy atom. The molecule has 17 heavy (non-hydrogen) atoms. The minimum Gasteiger partial charge on any atom is -0.313 e. The van der Waals surface area contributed by atoms with Crippen LogP contribution >= 0.6 is 11.6 Å². The molecule has 0 amide bonds. The molecule has 1 aromatic rings. The second kappa shape index (κ2) is 6.42. The predicted molar refractivity (Wildman–Crippen MR) is 74.4 cm³/mol. The lowest BCUT2D eigenvalue weighted by molar-refractivity contribution is 0.427. The largest absolute Gasteiger partial charge is 0.313 e. The first-order valence-corrected chi connectivity index (χ1v) is 7.10. The summed E-state index contributed by atoms with van der Waals surface area (Å²) in [5.41, 5.74) is 1.25. The highest BCUT2D eigenvalue weighted by molar-refractivity contribution is 6.31. The third-order valence-corrected chi connectivity index (χ3v) is 4.31. The van der Waals surface area contributed by atoms with Gasteiger partial charge in [0.25, 0.3) is 0 Å². The SMILES string of the molecule is CNC(CCC1CCCC1)c1ccccc1Cl. The zero-order valence-electron chi connectivity index (χ0n) is 10.6. The van der Waals surface area contributed by atoms with Crippen LogP contribution in [0.3, 0.4) is 0 Å². The summed E-state index contributed by atoms with van der Waals surface area (Å²) in [6, 6.07) is 8.59. The molecule has 1 saturated carbocycles. The summed E-state index contributed by atoms with van der Waals surface area (Å²) in [6.45, 7) is 0. The zero-order valence-corrected chi connectivity index (χ0v) is 11.3. The molecule has 1 atom stereocenters. The van der Waals surface area contributed by atoms with Gasteiger partial charge in [0.2, 0.25) is 0 Å². The van der Waals surface area contributed by atoms with Crippen molar-refractivity contribution in [1.29, 1.82) is 0 Å². The molecular formula is C15H22ClN. The first kappa shape index (κ1) is 12.9. The maximum absolute atomic E-state index is 6.25. The van der Waals surface area contributed by atoms with E-state index in [-0.39, 0.29) is 0 Å². The highest BCUT2D eigenvalue weighted by Gasteiger charge is 2.18. The quantitative estimate of drug-likeness (QED) is 0.808. The molecule has 2 heteroatoms. The summed E-state index contributed by atoms with van der Waals surface area (Å²) < 4.78 is 0. The molecule has 0 bridgehead atoms. The second-order valence-electron chi connectivity index (χ2n) is 5.09. The van der Waals surface area contributed by atoms with Gasteiger partial charge in [0, 0.05) is 11.1 Å². The van der Waals surface area contributed by atoms with Crippen LogP contribution in [0.25, 0.3) is 0 Å². The Bertz CT molecular complexity index is 345. The van der Waals surface area contributed by atoms with Gasteiger partial charge in [-0.2, -0.15) is 0 Å². The minimum atomic E-state index is 0.407. The first-order valence-electron chi connectivity index (χ1n) is 6.73. The third-order valence-electron chi connectivity index (χ3n) is 3.97. The molecular weight excluding hydrogens is 230 g/mol. The van der Waals surface area contributed by atoms with Gasteiger partial charge in [0.05, 0.1) is 0 Å². The lowest BCUT2D eigenvalue weighted by Gasteiger charge is -2.19. The van der Waals surface area contributed by atoms with Crippen molar-refractivity contribution in [3.8, 4) is 0 Å². The molecule has 1 aliphatic rings. The summed E-state index contributed by atoms with van der Waals surface area (Å²) >= 11 is 6.25. The number of benzene rings is 1. The van der Waals surface area contributed by atoms with Crippen molar-refractivity contribution in [2.24, 2.45) is 5.92 Å². The summed E-state index contributed by atoms with van der Waals surface area (Å²) in [4.78, 5) is 0. The van der Waals surface area contributed by atoms with Crippen molar-refractivity contribution < 1.29 is 0 Å². The van der Waals surface area contributed by atoms with E-state index in [2.05, 4.69) is 17.4 Å². The van der Waals surface area contributed by atoms with Crippen molar-refractivity contribution in [2.75, 3.05) is 7.05 Å². The lowest BCUT2D eigenvalue weighted by Crippen LogP contribution is -2.17. The van der Waals surface area contributed by atoms with Crippen LogP contribution in [-0.2, 0) is 0 Å². The van der Waals surface area contributed by atoms with Crippen LogP contribution in [0.2, 0.25) is 5.02 Å². The molecule has 0 heterocycles. The van der Waals surface area contributed by atoms with Gasteiger partial charge in [-0.3, -0.25) is 0 Å². The maximum Gasteiger partial charge on any atom is 0.0453 e. The van der Waals surface area contributed by atoms with E-state index in [0.717, 1.165) is 10.9 Å². The van der Waals surface area contributed by atoms with Crippen LogP contribution in [0.5, 0.6) is 0 Å². The average molecular weight is 252 g/mol. The molecule has 1 unspecified atom stereocenters. The van der Waals surface area contributed by atoms with E-state index in [1.54, 1.807) is 0 Å². The highest BCUT2D eigenvalue weighted by atomic mass is 35.5. The summed E-state index contributed by atoms with van der Waals surface area (Å²) in [7, 11) is 2.03. The fraction of sp³-hybridized carbons (Fsp3) is 0.600. The lowest BCUT2D eigenvalue weighted by atomic mass is 9.95. The van der Waals surface area contributed by atoms with Crippen LogP contribution in [0.1, 0.15) is 50.1 Å². The number of hydrogen-bond acceptors (Lipinski definition) is 1. The fourth-order valence-corrected chi connectivity index (χ4v) is 3.18. The topological polar surface area (TPSA) is 12.0 Å². The van der Waals surface area contributed by atoms with Gasteiger partial charge < -0.3 is 5.32 Å². The van der Waals surface area contributed by atoms with Gasteiger partial charge >= 0.3 is 0 Å². The molecule has 94 valence electrons. The molecule has 1 aromatic carbocycles. The van der Waals surface area contributed by atoms with E-state index in [4.69, 9.17) is 11.6 Å². The zero-order chi connectivity index (χ0) is 12.1. The van der Waals surface area contributed by atoms with Crippen molar-refractivity contribution in [1.82, 2.24) is 5.32 Å². The van der Waals surface area contributed by atoms with Crippen molar-refractivity contribution >= 4 is 11.6 Å². The molecule has 2 rings (SSSR count). The molecule has 0 aromatic heterocycles. The van der Waals surface area contributed by atoms with Gasteiger partial charge in [-0.05, 0) is 37.4 Å². The van der Waals surface area contributed by atoms with Crippen molar-refractivity contribution in [3.05, 3.63) is 34.9 Å². The van der Waals surface area contributed by atoms with Crippen LogP contribution in [0, 0.1) is 5.92 Å². The normalized spacial score (nSPS) is 18.5. The Hall–Kier alpha value is -0.530. The van der Waals surface area contributed by atoms with Crippen LogP contribution in [0.15, 0.2) is 24.3 Å². The Morgan fingerprint density at radius 2 is 2.00 bits per heavy atom. The highest BCUT2D eigenvalue weighted by Crippen LogP contribution is 2.32. The number of rotatable bonds is 5. The molecule has 0 spiro atoms. The second-order valence-corrected chi connectivity index (χ2v) is 5.50. The Morgan fingerprint density at radius 1 is 1.29 bits per heavy atom. The monoisotopic (exact) mass is 251 g/mol. The van der Waals surface area contributed by atoms with Gasteiger partial charge in [-0.25, -0.2) is 0 Å². The van der Waals surface area contributed by atoms with E-state index in [9.17, 15) is 0 Å². The van der Waals surface area contributed by atoms with Crippen LogP contribution < -0.4 is 5.32 Å². The summed E-state index contributed by atoms with van der Waals surface area (Å²) in [6.07, 6.45) is 8.25. The van der Waals surface area contributed by atoms with Crippen LogP contribution in [0.4, 0.5) is 0 Å². The smallest absolute Gasteiger partial charge is 0.0453 e. The average Bonchev–Trinajstić information content (AvgIpc) is 2.85. The number of halogens is 1. The van der Waals surface area contributed by atoms with E-state index in [1.807, 2.05) is 19.2 Å². The summed E-state index contributed by atoms with van der Waals surface area (Å²) in [5, 5.41) is 4.29. The molecule has 1 N–H and O–H groups in total. The Balaban J connectivity index is 1.94. The van der Waals surface area contributed by atoms with Gasteiger partial charge in [-0.15, -0.1) is 0 Å². The predicted octanol–water partition coefficient (Wildman–Crippen LogP) is 4.57. The summed E-state index contributed by atoms with van der Waals surface area (Å²) in [5.74, 6) is 0.952. The molecule has 1 nitrogen and oxygen atoms in total.